The van der Waals surface area contributed by atoms with E-state index in [9.17, 15) is 0 Å². The fourth-order valence-electron chi connectivity index (χ4n) is 2.68. The zero-order valence-corrected chi connectivity index (χ0v) is 12.9. The Morgan fingerprint density at radius 1 is 1.40 bits per heavy atom. The van der Waals surface area contributed by atoms with Gasteiger partial charge in [-0.05, 0) is 48.4 Å². The molecule has 1 unspecified atom stereocenters. The molecule has 1 N–H and O–H groups in total. The van der Waals surface area contributed by atoms with Crippen LogP contribution in [0.4, 0.5) is 0 Å². The van der Waals surface area contributed by atoms with Crippen molar-refractivity contribution in [1.82, 2.24) is 5.32 Å². The Labute approximate surface area is 122 Å². The van der Waals surface area contributed by atoms with Crippen molar-refractivity contribution in [3.05, 3.63) is 29.3 Å². The molecule has 0 aliphatic carbocycles. The van der Waals surface area contributed by atoms with Gasteiger partial charge >= 0.3 is 0 Å². The maximum absolute atomic E-state index is 5.79. The molecule has 2 rings (SSSR count). The highest BCUT2D eigenvalue weighted by Gasteiger charge is 2.14. The number of benzene rings is 1. The van der Waals surface area contributed by atoms with Gasteiger partial charge in [0, 0.05) is 19.7 Å². The number of hydrogen-bond acceptors (Lipinski definition) is 3. The van der Waals surface area contributed by atoms with E-state index < -0.39 is 0 Å². The molecule has 1 aliphatic rings. The Bertz CT molecular complexity index is 411. The third-order valence-electron chi connectivity index (χ3n) is 3.87. The molecule has 1 aliphatic heterocycles. The fraction of sp³-hybridized carbons (Fsp3) is 0.647. The summed E-state index contributed by atoms with van der Waals surface area (Å²) in [5, 5.41) is 3.44. The molecule has 1 heterocycles. The molecule has 1 saturated heterocycles. The maximum atomic E-state index is 5.79. The average Bonchev–Trinajstić information content (AvgIpc) is 2.91. The quantitative estimate of drug-likeness (QED) is 0.777. The van der Waals surface area contributed by atoms with Crippen molar-refractivity contribution < 1.29 is 9.47 Å². The number of rotatable bonds is 7. The summed E-state index contributed by atoms with van der Waals surface area (Å²) in [5.74, 6) is 2.22. The molecule has 0 amide bonds. The van der Waals surface area contributed by atoms with Gasteiger partial charge in [0.15, 0.2) is 0 Å². The van der Waals surface area contributed by atoms with E-state index in [1.807, 2.05) is 0 Å². The van der Waals surface area contributed by atoms with Crippen LogP contribution in [0.2, 0.25) is 0 Å². The maximum Gasteiger partial charge on any atom is 0.119 e. The smallest absolute Gasteiger partial charge is 0.119 e. The highest BCUT2D eigenvalue weighted by Crippen LogP contribution is 2.23. The summed E-state index contributed by atoms with van der Waals surface area (Å²) in [5.41, 5.74) is 2.71. The molecule has 1 atom stereocenters. The van der Waals surface area contributed by atoms with Crippen molar-refractivity contribution in [2.24, 2.45) is 5.92 Å². The van der Waals surface area contributed by atoms with Crippen LogP contribution in [0.25, 0.3) is 0 Å². The second-order valence-corrected chi connectivity index (χ2v) is 5.96. The van der Waals surface area contributed by atoms with Gasteiger partial charge in [0.1, 0.15) is 12.4 Å². The highest BCUT2D eigenvalue weighted by atomic mass is 16.5. The summed E-state index contributed by atoms with van der Waals surface area (Å²) in [6, 6.07) is 6.39. The van der Waals surface area contributed by atoms with Crippen LogP contribution in [0.5, 0.6) is 5.75 Å². The summed E-state index contributed by atoms with van der Waals surface area (Å²) in [7, 11) is 0. The second-order valence-electron chi connectivity index (χ2n) is 5.96. The fourth-order valence-corrected chi connectivity index (χ4v) is 2.68. The molecule has 3 heteroatoms. The molecule has 0 bridgehead atoms. The molecule has 20 heavy (non-hydrogen) atoms. The van der Waals surface area contributed by atoms with Crippen molar-refractivity contribution in [3.8, 4) is 5.75 Å². The zero-order valence-electron chi connectivity index (χ0n) is 12.9. The van der Waals surface area contributed by atoms with Gasteiger partial charge in [-0.3, -0.25) is 0 Å². The Balaban J connectivity index is 1.67. The topological polar surface area (TPSA) is 30.5 Å². The molecule has 0 saturated carbocycles. The largest absolute Gasteiger partial charge is 0.492 e. The minimum Gasteiger partial charge on any atom is -0.492 e. The summed E-state index contributed by atoms with van der Waals surface area (Å²) in [6.07, 6.45) is 1.18. The van der Waals surface area contributed by atoms with Crippen LogP contribution in [-0.2, 0) is 4.74 Å². The molecule has 0 radical (unpaired) electrons. The predicted molar refractivity (Wildman–Crippen MR) is 82.6 cm³/mol. The van der Waals surface area contributed by atoms with E-state index in [2.05, 4.69) is 44.3 Å². The van der Waals surface area contributed by atoms with Crippen LogP contribution in [0.1, 0.15) is 37.3 Å². The monoisotopic (exact) mass is 277 g/mol. The van der Waals surface area contributed by atoms with Gasteiger partial charge in [-0.15, -0.1) is 0 Å². The van der Waals surface area contributed by atoms with Crippen LogP contribution in [-0.4, -0.2) is 32.9 Å². The van der Waals surface area contributed by atoms with Crippen LogP contribution in [0.3, 0.4) is 0 Å². The molecular weight excluding hydrogens is 250 g/mol. The van der Waals surface area contributed by atoms with Crippen molar-refractivity contribution in [3.63, 3.8) is 0 Å². The first-order chi connectivity index (χ1) is 9.66. The lowest BCUT2D eigenvalue weighted by Gasteiger charge is -2.13. The second kappa shape index (κ2) is 7.65. The normalized spacial score (nSPS) is 18.7. The van der Waals surface area contributed by atoms with Crippen molar-refractivity contribution in [2.75, 3.05) is 32.9 Å². The van der Waals surface area contributed by atoms with E-state index in [4.69, 9.17) is 9.47 Å². The standard InChI is InChI=1S/C17H27NO2/c1-13(2)17-5-4-16(10-14(17)3)20-9-7-18-11-15-6-8-19-12-15/h4-5,10,13,15,18H,6-9,11-12H2,1-3H3. The van der Waals surface area contributed by atoms with Crippen molar-refractivity contribution in [2.45, 2.75) is 33.1 Å². The SMILES string of the molecule is Cc1cc(OCCNCC2CCOC2)ccc1C(C)C. The van der Waals surface area contributed by atoms with E-state index in [1.165, 1.54) is 17.5 Å². The molecule has 3 nitrogen and oxygen atoms in total. The Hall–Kier alpha value is -1.06. The zero-order chi connectivity index (χ0) is 14.4. The third kappa shape index (κ3) is 4.50. The highest BCUT2D eigenvalue weighted by molar-refractivity contribution is 5.36. The minimum absolute atomic E-state index is 0.569. The molecule has 1 aromatic rings. The summed E-state index contributed by atoms with van der Waals surface area (Å²) in [4.78, 5) is 0. The summed E-state index contributed by atoms with van der Waals surface area (Å²) >= 11 is 0. The van der Waals surface area contributed by atoms with Crippen LogP contribution < -0.4 is 10.1 Å². The van der Waals surface area contributed by atoms with E-state index in [0.29, 0.717) is 18.4 Å². The Kier molecular flexibility index (Phi) is 5.86. The summed E-state index contributed by atoms with van der Waals surface area (Å²) < 4.78 is 11.1. The lowest BCUT2D eigenvalue weighted by atomic mass is 9.98. The van der Waals surface area contributed by atoms with Gasteiger partial charge in [0.2, 0.25) is 0 Å². The van der Waals surface area contributed by atoms with E-state index in [1.54, 1.807) is 0 Å². The van der Waals surface area contributed by atoms with Gasteiger partial charge in [-0.25, -0.2) is 0 Å². The Morgan fingerprint density at radius 2 is 2.25 bits per heavy atom. The predicted octanol–water partition coefficient (Wildman–Crippen LogP) is 3.12. The number of aryl methyl sites for hydroxylation is 1. The molecule has 0 aromatic heterocycles. The minimum atomic E-state index is 0.569. The van der Waals surface area contributed by atoms with E-state index in [0.717, 1.165) is 32.1 Å². The molecule has 1 fully saturated rings. The van der Waals surface area contributed by atoms with Gasteiger partial charge in [-0.2, -0.15) is 0 Å². The van der Waals surface area contributed by atoms with E-state index >= 15 is 0 Å². The molecule has 1 aromatic carbocycles. The van der Waals surface area contributed by atoms with Crippen LogP contribution in [0, 0.1) is 12.8 Å². The first-order valence-electron chi connectivity index (χ1n) is 7.68. The van der Waals surface area contributed by atoms with Crippen molar-refractivity contribution >= 4 is 0 Å². The molecule has 0 spiro atoms. The summed E-state index contributed by atoms with van der Waals surface area (Å²) in [6.45, 7) is 11.1. The van der Waals surface area contributed by atoms with Crippen LogP contribution in [0.15, 0.2) is 18.2 Å². The first-order valence-corrected chi connectivity index (χ1v) is 7.68. The third-order valence-corrected chi connectivity index (χ3v) is 3.87. The van der Waals surface area contributed by atoms with Gasteiger partial charge in [0.05, 0.1) is 6.61 Å². The van der Waals surface area contributed by atoms with E-state index in [-0.39, 0.29) is 0 Å². The van der Waals surface area contributed by atoms with Gasteiger partial charge < -0.3 is 14.8 Å². The Morgan fingerprint density at radius 3 is 2.90 bits per heavy atom. The van der Waals surface area contributed by atoms with Gasteiger partial charge in [-0.1, -0.05) is 19.9 Å². The van der Waals surface area contributed by atoms with Crippen molar-refractivity contribution in [1.29, 1.82) is 0 Å². The lowest BCUT2D eigenvalue weighted by molar-refractivity contribution is 0.185. The average molecular weight is 277 g/mol. The number of hydrogen-bond donors (Lipinski definition) is 1. The lowest BCUT2D eigenvalue weighted by Crippen LogP contribution is -2.27. The number of nitrogens with one attached hydrogen (secondary N) is 1. The van der Waals surface area contributed by atoms with Gasteiger partial charge in [0.25, 0.3) is 0 Å². The first kappa shape index (κ1) is 15.3. The molecule has 112 valence electrons. The van der Waals surface area contributed by atoms with Crippen LogP contribution >= 0.6 is 0 Å². The molecular formula is C17H27NO2. The number of ether oxygens (including phenoxy) is 2.